The van der Waals surface area contributed by atoms with Gasteiger partial charge in [-0.2, -0.15) is 0 Å². The highest BCUT2D eigenvalue weighted by Gasteiger charge is 2.03. The highest BCUT2D eigenvalue weighted by atomic mass is 35.5. The molecule has 1 heterocycles. The van der Waals surface area contributed by atoms with Crippen LogP contribution in [0.4, 0.5) is 0 Å². The maximum absolute atomic E-state index is 12.2. The smallest absolute Gasteiger partial charge is 0.292 e. The summed E-state index contributed by atoms with van der Waals surface area (Å²) in [6, 6.07) is 10.9. The number of benzene rings is 1. The van der Waals surface area contributed by atoms with E-state index < -0.39 is 0 Å². The van der Waals surface area contributed by atoms with E-state index in [-0.39, 0.29) is 5.56 Å². The molecule has 0 spiro atoms. The van der Waals surface area contributed by atoms with E-state index in [2.05, 4.69) is 0 Å². The van der Waals surface area contributed by atoms with Crippen LogP contribution in [-0.4, -0.2) is 17.8 Å². The summed E-state index contributed by atoms with van der Waals surface area (Å²) >= 11 is 5.82. The Bertz CT molecular complexity index is 652. The van der Waals surface area contributed by atoms with Gasteiger partial charge in [0.1, 0.15) is 5.75 Å². The van der Waals surface area contributed by atoms with Crippen LogP contribution >= 0.6 is 11.6 Å². The molecule has 0 aliphatic rings. The predicted molar refractivity (Wildman–Crippen MR) is 92.7 cm³/mol. The lowest BCUT2D eigenvalue weighted by Gasteiger charge is -2.09. The number of aromatic nitrogens is 1. The van der Waals surface area contributed by atoms with E-state index >= 15 is 0 Å². The molecular formula is C18H22ClNO3. The highest BCUT2D eigenvalue weighted by Crippen LogP contribution is 2.15. The molecule has 1 aromatic carbocycles. The van der Waals surface area contributed by atoms with Gasteiger partial charge in [0.25, 0.3) is 5.56 Å². The van der Waals surface area contributed by atoms with Crippen LogP contribution in [0.5, 0.6) is 11.5 Å². The molecule has 0 saturated heterocycles. The number of nitrogens with zero attached hydrogens (tertiary/aromatic N) is 1. The van der Waals surface area contributed by atoms with Gasteiger partial charge in [0.15, 0.2) is 5.75 Å². The zero-order valence-electron chi connectivity index (χ0n) is 13.3. The lowest BCUT2D eigenvalue weighted by Crippen LogP contribution is -2.21. The summed E-state index contributed by atoms with van der Waals surface area (Å²) in [6.45, 7) is 3.85. The lowest BCUT2D eigenvalue weighted by atomic mass is 10.3. The van der Waals surface area contributed by atoms with Crippen molar-refractivity contribution in [2.75, 3.05) is 13.2 Å². The number of pyridine rings is 1. The van der Waals surface area contributed by atoms with Crippen molar-refractivity contribution >= 4 is 11.6 Å². The van der Waals surface area contributed by atoms with E-state index in [4.69, 9.17) is 21.1 Å². The summed E-state index contributed by atoms with van der Waals surface area (Å²) < 4.78 is 12.8. The molecule has 4 nitrogen and oxygen atoms in total. The summed E-state index contributed by atoms with van der Waals surface area (Å²) in [4.78, 5) is 12.2. The average molecular weight is 336 g/mol. The summed E-state index contributed by atoms with van der Waals surface area (Å²) in [7, 11) is 0. The quantitative estimate of drug-likeness (QED) is 0.646. The third kappa shape index (κ3) is 5.64. The second-order valence-electron chi connectivity index (χ2n) is 5.23. The first kappa shape index (κ1) is 17.4. The molecule has 0 N–H and O–H groups in total. The Morgan fingerprint density at radius 1 is 1.04 bits per heavy atom. The van der Waals surface area contributed by atoms with Crippen LogP contribution in [-0.2, 0) is 6.54 Å². The maximum atomic E-state index is 12.2. The van der Waals surface area contributed by atoms with Crippen molar-refractivity contribution in [1.82, 2.24) is 4.57 Å². The Morgan fingerprint density at radius 2 is 1.83 bits per heavy atom. The largest absolute Gasteiger partial charge is 0.494 e. The topological polar surface area (TPSA) is 40.5 Å². The molecule has 0 aliphatic carbocycles. The minimum atomic E-state index is -0.0698. The Hall–Kier alpha value is -1.94. The standard InChI is InChI=1S/C18H22ClNO3/c1-2-13-23-17-6-5-12-20(18(17)21)11-3-4-14-22-16-9-7-15(19)8-10-16/h5-10,12H,2-4,11,13-14H2,1H3. The number of hydrogen-bond acceptors (Lipinski definition) is 3. The monoisotopic (exact) mass is 335 g/mol. The molecular weight excluding hydrogens is 314 g/mol. The number of hydrogen-bond donors (Lipinski definition) is 0. The van der Waals surface area contributed by atoms with Gasteiger partial charge < -0.3 is 14.0 Å². The second kappa shape index (κ2) is 9.26. The molecule has 5 heteroatoms. The highest BCUT2D eigenvalue weighted by molar-refractivity contribution is 6.30. The number of ether oxygens (including phenoxy) is 2. The summed E-state index contributed by atoms with van der Waals surface area (Å²) in [5.41, 5.74) is -0.0698. The van der Waals surface area contributed by atoms with E-state index in [9.17, 15) is 4.79 Å². The van der Waals surface area contributed by atoms with Crippen LogP contribution in [0.15, 0.2) is 47.4 Å². The number of unbranched alkanes of at least 4 members (excludes halogenated alkanes) is 1. The van der Waals surface area contributed by atoms with Gasteiger partial charge in [-0.15, -0.1) is 0 Å². The molecule has 0 fully saturated rings. The summed E-state index contributed by atoms with van der Waals surface area (Å²) in [5.74, 6) is 1.23. The van der Waals surface area contributed by atoms with Crippen molar-refractivity contribution in [2.45, 2.75) is 32.7 Å². The Balaban J connectivity index is 1.75. The first-order chi connectivity index (χ1) is 11.2. The molecule has 23 heavy (non-hydrogen) atoms. The number of rotatable bonds is 9. The number of halogens is 1. The minimum Gasteiger partial charge on any atom is -0.494 e. The second-order valence-corrected chi connectivity index (χ2v) is 5.67. The first-order valence-corrected chi connectivity index (χ1v) is 8.29. The van der Waals surface area contributed by atoms with Crippen LogP contribution in [0.25, 0.3) is 0 Å². The first-order valence-electron chi connectivity index (χ1n) is 7.91. The molecule has 0 unspecified atom stereocenters. The molecule has 0 bridgehead atoms. The zero-order valence-corrected chi connectivity index (χ0v) is 14.1. The molecule has 2 rings (SSSR count). The van der Waals surface area contributed by atoms with Crippen molar-refractivity contribution in [1.29, 1.82) is 0 Å². The number of aryl methyl sites for hydroxylation is 1. The molecule has 124 valence electrons. The third-order valence-electron chi connectivity index (χ3n) is 3.32. The average Bonchev–Trinajstić information content (AvgIpc) is 2.56. The fourth-order valence-corrected chi connectivity index (χ4v) is 2.24. The SMILES string of the molecule is CCCOc1cccn(CCCCOc2ccc(Cl)cc2)c1=O. The lowest BCUT2D eigenvalue weighted by molar-refractivity contribution is 0.299. The third-order valence-corrected chi connectivity index (χ3v) is 3.57. The van der Waals surface area contributed by atoms with Crippen LogP contribution in [0.1, 0.15) is 26.2 Å². The van der Waals surface area contributed by atoms with Gasteiger partial charge in [-0.1, -0.05) is 18.5 Å². The van der Waals surface area contributed by atoms with Gasteiger partial charge in [0, 0.05) is 17.8 Å². The Kier molecular flexibility index (Phi) is 7.01. The predicted octanol–water partition coefficient (Wildman–Crippen LogP) is 4.15. The van der Waals surface area contributed by atoms with Crippen LogP contribution in [0, 0.1) is 0 Å². The molecule has 1 aromatic heterocycles. The van der Waals surface area contributed by atoms with E-state index in [0.717, 1.165) is 25.0 Å². The summed E-state index contributed by atoms with van der Waals surface area (Å²) in [5, 5.41) is 0.696. The Labute approximate surface area is 141 Å². The zero-order chi connectivity index (χ0) is 16.5. The minimum absolute atomic E-state index is 0.0698. The maximum Gasteiger partial charge on any atom is 0.292 e. The van der Waals surface area contributed by atoms with Crippen molar-refractivity contribution in [3.05, 3.63) is 58.0 Å². The molecule has 0 saturated carbocycles. The van der Waals surface area contributed by atoms with Crippen molar-refractivity contribution in [3.8, 4) is 11.5 Å². The fourth-order valence-electron chi connectivity index (χ4n) is 2.12. The van der Waals surface area contributed by atoms with E-state index in [1.165, 1.54) is 0 Å². The van der Waals surface area contributed by atoms with E-state index in [1.54, 1.807) is 29.0 Å². The van der Waals surface area contributed by atoms with Gasteiger partial charge in [0.2, 0.25) is 0 Å². The van der Waals surface area contributed by atoms with Crippen LogP contribution < -0.4 is 15.0 Å². The molecule has 0 aliphatic heterocycles. The Morgan fingerprint density at radius 3 is 2.57 bits per heavy atom. The van der Waals surface area contributed by atoms with Crippen LogP contribution in [0.2, 0.25) is 5.02 Å². The molecule has 2 aromatic rings. The molecule has 0 amide bonds. The van der Waals surface area contributed by atoms with E-state index in [1.807, 2.05) is 25.1 Å². The van der Waals surface area contributed by atoms with Gasteiger partial charge in [-0.05, 0) is 55.7 Å². The van der Waals surface area contributed by atoms with Crippen molar-refractivity contribution < 1.29 is 9.47 Å². The van der Waals surface area contributed by atoms with Crippen LogP contribution in [0.3, 0.4) is 0 Å². The van der Waals surface area contributed by atoms with Gasteiger partial charge in [-0.25, -0.2) is 0 Å². The van der Waals surface area contributed by atoms with Crippen molar-refractivity contribution in [3.63, 3.8) is 0 Å². The van der Waals surface area contributed by atoms with E-state index in [0.29, 0.717) is 30.5 Å². The normalized spacial score (nSPS) is 10.5. The summed E-state index contributed by atoms with van der Waals surface area (Å²) in [6.07, 6.45) is 4.41. The van der Waals surface area contributed by atoms with Crippen molar-refractivity contribution in [2.24, 2.45) is 0 Å². The molecule has 0 radical (unpaired) electrons. The fraction of sp³-hybridized carbons (Fsp3) is 0.389. The van der Waals surface area contributed by atoms with Gasteiger partial charge in [0.05, 0.1) is 13.2 Å². The van der Waals surface area contributed by atoms with Gasteiger partial charge in [-0.3, -0.25) is 4.79 Å². The molecule has 0 atom stereocenters. The van der Waals surface area contributed by atoms with Gasteiger partial charge >= 0.3 is 0 Å².